The van der Waals surface area contributed by atoms with Gasteiger partial charge in [-0.3, -0.25) is 9.59 Å². The van der Waals surface area contributed by atoms with E-state index in [0.717, 1.165) is 42.4 Å². The number of hydrogen-bond acceptors (Lipinski definition) is 3. The zero-order chi connectivity index (χ0) is 26.9. The van der Waals surface area contributed by atoms with Crippen molar-refractivity contribution in [3.05, 3.63) is 101 Å². The molecule has 0 aliphatic heterocycles. The van der Waals surface area contributed by atoms with Crippen molar-refractivity contribution in [2.24, 2.45) is 0 Å². The second-order valence-electron chi connectivity index (χ2n) is 10.3. The van der Waals surface area contributed by atoms with Gasteiger partial charge in [0, 0.05) is 19.0 Å². The summed E-state index contributed by atoms with van der Waals surface area (Å²) in [7, 11) is 0. The molecule has 0 heterocycles. The number of benzene rings is 3. The summed E-state index contributed by atoms with van der Waals surface area (Å²) < 4.78 is 19.7. The summed E-state index contributed by atoms with van der Waals surface area (Å²) in [5, 5.41) is 3.19. The number of hydrogen-bond donors (Lipinski definition) is 1. The van der Waals surface area contributed by atoms with Crippen molar-refractivity contribution in [1.82, 2.24) is 10.2 Å². The fraction of sp³-hybridized carbons (Fsp3) is 0.375. The van der Waals surface area contributed by atoms with Crippen LogP contribution >= 0.6 is 0 Å². The quantitative estimate of drug-likeness (QED) is 0.339. The molecule has 5 nitrogen and oxygen atoms in total. The summed E-state index contributed by atoms with van der Waals surface area (Å²) in [6.45, 7) is 4.12. The minimum atomic E-state index is -0.737. The molecule has 6 heteroatoms. The van der Waals surface area contributed by atoms with Crippen molar-refractivity contribution in [2.75, 3.05) is 6.61 Å². The normalized spacial score (nSPS) is 14.3. The maximum atomic E-state index is 13.8. The van der Waals surface area contributed by atoms with Crippen LogP contribution in [0.1, 0.15) is 62.1 Å². The van der Waals surface area contributed by atoms with Crippen LogP contribution in [0.15, 0.2) is 78.9 Å². The van der Waals surface area contributed by atoms with Gasteiger partial charge in [-0.05, 0) is 53.6 Å². The van der Waals surface area contributed by atoms with Gasteiger partial charge in [0.1, 0.15) is 17.6 Å². The van der Waals surface area contributed by atoms with Crippen LogP contribution in [0.5, 0.6) is 5.75 Å². The van der Waals surface area contributed by atoms with Gasteiger partial charge in [0.25, 0.3) is 5.91 Å². The van der Waals surface area contributed by atoms with E-state index in [0.29, 0.717) is 12.2 Å². The fourth-order valence-corrected chi connectivity index (χ4v) is 5.02. The van der Waals surface area contributed by atoms with Gasteiger partial charge >= 0.3 is 0 Å². The molecule has 0 radical (unpaired) electrons. The number of nitrogens with zero attached hydrogens (tertiary/aromatic N) is 1. The Balaban J connectivity index is 1.62. The zero-order valence-electron chi connectivity index (χ0n) is 22.2. The first-order valence-corrected chi connectivity index (χ1v) is 13.5. The molecule has 0 aromatic heterocycles. The van der Waals surface area contributed by atoms with Crippen LogP contribution in [0.4, 0.5) is 4.39 Å². The minimum Gasteiger partial charge on any atom is -0.483 e. The molecule has 2 amide bonds. The molecule has 1 unspecified atom stereocenters. The van der Waals surface area contributed by atoms with E-state index in [1.807, 2.05) is 54.6 Å². The SMILES string of the molecule is CC(C)c1ccccc1OCC(=O)N(Cc1ccc(F)cc1)C(Cc1ccccc1)C(=O)NC1CCCC1. The lowest BCUT2D eigenvalue weighted by molar-refractivity contribution is -0.143. The first-order valence-electron chi connectivity index (χ1n) is 13.5. The van der Waals surface area contributed by atoms with Gasteiger partial charge < -0.3 is 15.0 Å². The van der Waals surface area contributed by atoms with Crippen LogP contribution in [0, 0.1) is 5.82 Å². The molecular formula is C32H37FN2O3. The molecule has 38 heavy (non-hydrogen) atoms. The van der Waals surface area contributed by atoms with Gasteiger partial charge in [0.15, 0.2) is 6.61 Å². The van der Waals surface area contributed by atoms with E-state index in [2.05, 4.69) is 19.2 Å². The highest BCUT2D eigenvalue weighted by Crippen LogP contribution is 2.26. The molecule has 1 saturated carbocycles. The van der Waals surface area contributed by atoms with Gasteiger partial charge in [0.2, 0.25) is 5.91 Å². The molecule has 4 rings (SSSR count). The van der Waals surface area contributed by atoms with Crippen molar-refractivity contribution >= 4 is 11.8 Å². The monoisotopic (exact) mass is 516 g/mol. The number of amides is 2. The Kier molecular flexibility index (Phi) is 9.52. The van der Waals surface area contributed by atoms with Crippen LogP contribution in [0.25, 0.3) is 0 Å². The first kappa shape index (κ1) is 27.4. The molecule has 0 spiro atoms. The Morgan fingerprint density at radius 3 is 2.26 bits per heavy atom. The second kappa shape index (κ2) is 13.2. The van der Waals surface area contributed by atoms with Crippen LogP contribution in [-0.4, -0.2) is 35.4 Å². The van der Waals surface area contributed by atoms with Crippen molar-refractivity contribution in [3.8, 4) is 5.75 Å². The highest BCUT2D eigenvalue weighted by atomic mass is 19.1. The molecule has 1 N–H and O–H groups in total. The van der Waals surface area contributed by atoms with E-state index in [-0.39, 0.29) is 42.7 Å². The summed E-state index contributed by atoms with van der Waals surface area (Å²) in [6.07, 6.45) is 4.45. The van der Waals surface area contributed by atoms with Gasteiger partial charge in [-0.2, -0.15) is 0 Å². The standard InChI is InChI=1S/C32H37FN2O3/c1-23(2)28-14-8-9-15-30(28)38-22-31(36)35(21-25-16-18-26(33)19-17-25)29(20-24-10-4-3-5-11-24)32(37)34-27-12-6-7-13-27/h3-5,8-11,14-19,23,27,29H,6-7,12-13,20-22H2,1-2H3,(H,34,37). The van der Waals surface area contributed by atoms with E-state index < -0.39 is 6.04 Å². The van der Waals surface area contributed by atoms with E-state index >= 15 is 0 Å². The largest absolute Gasteiger partial charge is 0.483 e. The van der Waals surface area contributed by atoms with E-state index in [1.54, 1.807) is 17.0 Å². The third kappa shape index (κ3) is 7.44. The predicted molar refractivity (Wildman–Crippen MR) is 147 cm³/mol. The molecule has 200 valence electrons. The fourth-order valence-electron chi connectivity index (χ4n) is 5.02. The number of halogens is 1. The van der Waals surface area contributed by atoms with Crippen molar-refractivity contribution in [3.63, 3.8) is 0 Å². The lowest BCUT2D eigenvalue weighted by Crippen LogP contribution is -2.53. The predicted octanol–water partition coefficient (Wildman–Crippen LogP) is 6.03. The molecule has 1 aliphatic rings. The number of carbonyl (C=O) groups excluding carboxylic acids is 2. The highest BCUT2D eigenvalue weighted by molar-refractivity contribution is 5.88. The third-order valence-electron chi connectivity index (χ3n) is 7.13. The van der Waals surface area contributed by atoms with Crippen LogP contribution in [0.3, 0.4) is 0 Å². The number of carbonyl (C=O) groups is 2. The zero-order valence-corrected chi connectivity index (χ0v) is 22.2. The summed E-state index contributed by atoms with van der Waals surface area (Å²) in [5.74, 6) is 0.0847. The molecular weight excluding hydrogens is 479 g/mol. The number of rotatable bonds is 11. The topological polar surface area (TPSA) is 58.6 Å². The van der Waals surface area contributed by atoms with E-state index in [1.165, 1.54) is 12.1 Å². The van der Waals surface area contributed by atoms with E-state index in [4.69, 9.17) is 4.74 Å². The maximum Gasteiger partial charge on any atom is 0.261 e. The maximum absolute atomic E-state index is 13.8. The molecule has 3 aromatic carbocycles. The average molecular weight is 517 g/mol. The molecule has 3 aromatic rings. The van der Waals surface area contributed by atoms with Gasteiger partial charge in [-0.1, -0.05) is 87.4 Å². The lowest BCUT2D eigenvalue weighted by atomic mass is 10.0. The Morgan fingerprint density at radius 2 is 1.58 bits per heavy atom. The smallest absolute Gasteiger partial charge is 0.261 e. The number of nitrogens with one attached hydrogen (secondary N) is 1. The van der Waals surface area contributed by atoms with Gasteiger partial charge in [0.05, 0.1) is 0 Å². The van der Waals surface area contributed by atoms with E-state index in [9.17, 15) is 14.0 Å². The summed E-state index contributed by atoms with van der Waals surface area (Å²) in [6, 6.07) is 22.8. The van der Waals surface area contributed by atoms with Crippen LogP contribution in [-0.2, 0) is 22.6 Å². The Hall–Kier alpha value is -3.67. The Bertz CT molecular complexity index is 1190. The first-order chi connectivity index (χ1) is 18.4. The van der Waals surface area contributed by atoms with Crippen LogP contribution < -0.4 is 10.1 Å². The third-order valence-corrected chi connectivity index (χ3v) is 7.13. The number of ether oxygens (including phenoxy) is 1. The average Bonchev–Trinajstić information content (AvgIpc) is 3.44. The summed E-state index contributed by atoms with van der Waals surface area (Å²) >= 11 is 0. The summed E-state index contributed by atoms with van der Waals surface area (Å²) in [4.78, 5) is 29.1. The Morgan fingerprint density at radius 1 is 0.921 bits per heavy atom. The van der Waals surface area contributed by atoms with Gasteiger partial charge in [-0.15, -0.1) is 0 Å². The second-order valence-corrected chi connectivity index (χ2v) is 10.3. The molecule has 1 fully saturated rings. The Labute approximate surface area is 225 Å². The van der Waals surface area contributed by atoms with Gasteiger partial charge in [-0.25, -0.2) is 4.39 Å². The molecule has 0 bridgehead atoms. The van der Waals surface area contributed by atoms with Crippen molar-refractivity contribution in [1.29, 1.82) is 0 Å². The molecule has 1 aliphatic carbocycles. The molecule has 0 saturated heterocycles. The highest BCUT2D eigenvalue weighted by Gasteiger charge is 2.32. The molecule has 1 atom stereocenters. The summed E-state index contributed by atoms with van der Waals surface area (Å²) in [5.41, 5.74) is 2.72. The minimum absolute atomic E-state index is 0.123. The lowest BCUT2D eigenvalue weighted by Gasteiger charge is -2.32. The van der Waals surface area contributed by atoms with Crippen molar-refractivity contribution < 1.29 is 18.7 Å². The number of para-hydroxylation sites is 1. The van der Waals surface area contributed by atoms with Crippen LogP contribution in [0.2, 0.25) is 0 Å². The van der Waals surface area contributed by atoms with Crippen molar-refractivity contribution in [2.45, 2.75) is 70.5 Å².